The number of esters is 2. The predicted octanol–water partition coefficient (Wildman–Crippen LogP) is 4.95. The zero-order chi connectivity index (χ0) is 22.8. The van der Waals surface area contributed by atoms with E-state index in [1.165, 1.54) is 0 Å². The molecule has 170 valence electrons. The van der Waals surface area contributed by atoms with Crippen molar-refractivity contribution in [1.29, 1.82) is 0 Å². The molecule has 4 aliphatic carbocycles. The Morgan fingerprint density at radius 3 is 2.00 bits per heavy atom. The van der Waals surface area contributed by atoms with Gasteiger partial charge in [0, 0.05) is 19.8 Å². The summed E-state index contributed by atoms with van der Waals surface area (Å²) in [6.45, 7) is 0. The topological polar surface area (TPSA) is 107 Å². The molecule has 0 aliphatic heterocycles. The molecule has 1 aromatic carbocycles. The van der Waals surface area contributed by atoms with Crippen molar-refractivity contribution in [2.75, 3.05) is 0 Å². The lowest BCUT2D eigenvalue weighted by Gasteiger charge is -2.60. The van der Waals surface area contributed by atoms with Crippen molar-refractivity contribution >= 4 is 69.8 Å². The minimum Gasteiger partial charge on any atom is -0.456 e. The van der Waals surface area contributed by atoms with Crippen LogP contribution in [0.15, 0.2) is 25.6 Å². The molecule has 3 atom stereocenters. The maximum Gasteiger partial charge on any atom is 0.359 e. The summed E-state index contributed by atoms with van der Waals surface area (Å²) in [6.07, 6.45) is 3.11. The third kappa shape index (κ3) is 4.60. The van der Waals surface area contributed by atoms with Crippen molar-refractivity contribution in [1.82, 2.24) is 0 Å². The predicted molar refractivity (Wildman–Crippen MR) is 118 cm³/mol. The fraction of sp³-hybridized carbons (Fsp3) is 0.579. The molecular weight excluding hydrogens is 631 g/mol. The maximum absolute atomic E-state index is 13.8. The van der Waals surface area contributed by atoms with Crippen LogP contribution in [-0.2, 0) is 24.4 Å². The number of carbonyl (C=O) groups excluding carboxylic acids is 2. The lowest BCUT2D eigenvalue weighted by atomic mass is 9.52. The van der Waals surface area contributed by atoms with Gasteiger partial charge in [0.15, 0.2) is 0 Å². The van der Waals surface area contributed by atoms with E-state index in [1.807, 2.05) is 0 Å². The van der Waals surface area contributed by atoms with Crippen LogP contribution in [-0.4, -0.2) is 41.6 Å². The summed E-state index contributed by atoms with van der Waals surface area (Å²) >= 11 is 10.1. The molecule has 4 aliphatic rings. The number of ether oxygens (including phenoxy) is 2. The normalized spacial score (nSPS) is 32.5. The Balaban J connectivity index is 1.59. The standard InChI is InChI=1S/C19H18Br3FO7S/c20-11-2-12(21)14(13(22)3-11)16(24)29-18-4-9-1-10(5-18)7-19(6-9,8-18)30-17(25)15(23)31(26,27)28/h2-3,9-10,15H,1,4-8H2,(H,26,27,28). The molecule has 0 aromatic heterocycles. The van der Waals surface area contributed by atoms with Gasteiger partial charge in [-0.1, -0.05) is 15.9 Å². The third-order valence-corrected chi connectivity index (χ3v) is 8.66. The van der Waals surface area contributed by atoms with E-state index in [4.69, 9.17) is 14.0 Å². The van der Waals surface area contributed by atoms with E-state index in [9.17, 15) is 22.4 Å². The Morgan fingerprint density at radius 2 is 1.52 bits per heavy atom. The van der Waals surface area contributed by atoms with Gasteiger partial charge in [-0.25, -0.2) is 14.0 Å². The van der Waals surface area contributed by atoms with Crippen molar-refractivity contribution in [2.45, 2.75) is 55.2 Å². The minimum atomic E-state index is -5.21. The zero-order valence-electron chi connectivity index (χ0n) is 15.9. The number of alkyl halides is 1. The van der Waals surface area contributed by atoms with Gasteiger partial charge < -0.3 is 9.47 Å². The van der Waals surface area contributed by atoms with Gasteiger partial charge >= 0.3 is 27.6 Å². The fourth-order valence-electron chi connectivity index (χ4n) is 5.70. The smallest absolute Gasteiger partial charge is 0.359 e. The summed E-state index contributed by atoms with van der Waals surface area (Å²) in [7, 11) is -5.21. The Hall–Kier alpha value is -0.560. The second-order valence-corrected chi connectivity index (χ2v) is 12.8. The molecule has 5 rings (SSSR count). The van der Waals surface area contributed by atoms with Crippen molar-refractivity contribution < 1.29 is 36.4 Å². The first-order chi connectivity index (χ1) is 14.3. The molecule has 4 fully saturated rings. The van der Waals surface area contributed by atoms with Crippen molar-refractivity contribution in [3.63, 3.8) is 0 Å². The molecule has 7 nitrogen and oxygen atoms in total. The molecule has 31 heavy (non-hydrogen) atoms. The van der Waals surface area contributed by atoms with E-state index in [2.05, 4.69) is 47.8 Å². The van der Waals surface area contributed by atoms with Gasteiger partial charge in [-0.05, 0) is 87.9 Å². The van der Waals surface area contributed by atoms with E-state index in [1.54, 1.807) is 12.1 Å². The van der Waals surface area contributed by atoms with Crippen LogP contribution >= 0.6 is 47.8 Å². The van der Waals surface area contributed by atoms with E-state index in [0.717, 1.165) is 10.9 Å². The number of carbonyl (C=O) groups is 2. The summed E-state index contributed by atoms with van der Waals surface area (Å²) < 4.78 is 57.9. The molecule has 1 aromatic rings. The lowest BCUT2D eigenvalue weighted by molar-refractivity contribution is -0.221. The molecule has 12 heteroatoms. The van der Waals surface area contributed by atoms with Crippen LogP contribution in [0.3, 0.4) is 0 Å². The second-order valence-electron chi connectivity index (χ2n) is 8.71. The van der Waals surface area contributed by atoms with Crippen molar-refractivity contribution in [2.24, 2.45) is 11.8 Å². The Morgan fingerprint density at radius 1 is 1.03 bits per heavy atom. The fourth-order valence-corrected chi connectivity index (χ4v) is 8.57. The highest BCUT2D eigenvalue weighted by Gasteiger charge is 2.62. The Labute approximate surface area is 203 Å². The Kier molecular flexibility index (Phi) is 6.11. The first-order valence-electron chi connectivity index (χ1n) is 9.53. The van der Waals surface area contributed by atoms with Crippen LogP contribution in [0.4, 0.5) is 4.39 Å². The van der Waals surface area contributed by atoms with E-state index < -0.39 is 38.8 Å². The van der Waals surface area contributed by atoms with E-state index in [0.29, 0.717) is 40.2 Å². The van der Waals surface area contributed by atoms with Gasteiger partial charge in [0.1, 0.15) is 11.2 Å². The molecule has 0 heterocycles. The Bertz CT molecular complexity index is 1020. The van der Waals surface area contributed by atoms with Crippen molar-refractivity contribution in [3.8, 4) is 0 Å². The highest BCUT2D eigenvalue weighted by atomic mass is 79.9. The molecule has 0 spiro atoms. The average molecular weight is 649 g/mol. The number of halogens is 4. The molecule has 3 unspecified atom stereocenters. The lowest BCUT2D eigenvalue weighted by Crippen LogP contribution is -2.62. The zero-order valence-corrected chi connectivity index (χ0v) is 21.5. The van der Waals surface area contributed by atoms with Gasteiger partial charge in [0.25, 0.3) is 0 Å². The van der Waals surface area contributed by atoms with E-state index >= 15 is 0 Å². The minimum absolute atomic E-state index is 0.0995. The van der Waals surface area contributed by atoms with Crippen molar-refractivity contribution in [3.05, 3.63) is 31.1 Å². The van der Waals surface area contributed by atoms with Gasteiger partial charge in [0.05, 0.1) is 5.56 Å². The summed E-state index contributed by atoms with van der Waals surface area (Å²) in [5, 5.41) is 0. The van der Waals surface area contributed by atoms with Gasteiger partial charge in [-0.15, -0.1) is 0 Å². The highest BCUT2D eigenvalue weighted by molar-refractivity contribution is 9.11. The summed E-state index contributed by atoms with van der Waals surface area (Å²) in [6, 6.07) is 3.45. The first-order valence-corrected chi connectivity index (χ1v) is 13.4. The molecule has 4 saturated carbocycles. The van der Waals surface area contributed by atoms with Crippen LogP contribution in [0.5, 0.6) is 0 Å². The largest absolute Gasteiger partial charge is 0.456 e. The molecule has 1 N–H and O–H groups in total. The first kappa shape index (κ1) is 23.6. The average Bonchev–Trinajstić information content (AvgIpc) is 2.56. The van der Waals surface area contributed by atoms with Gasteiger partial charge in [-0.2, -0.15) is 8.42 Å². The summed E-state index contributed by atoms with van der Waals surface area (Å²) in [5.41, 5.74) is -4.85. The summed E-state index contributed by atoms with van der Waals surface area (Å²) in [4.78, 5) is 25.2. The van der Waals surface area contributed by atoms with Gasteiger partial charge in [-0.3, -0.25) is 4.55 Å². The van der Waals surface area contributed by atoms with Gasteiger partial charge in [0.2, 0.25) is 0 Å². The third-order valence-electron chi connectivity index (χ3n) is 6.24. The number of hydrogen-bond acceptors (Lipinski definition) is 6. The maximum atomic E-state index is 13.8. The van der Waals surface area contributed by atoms with Crippen LogP contribution in [0, 0.1) is 11.8 Å². The molecule has 0 radical (unpaired) electrons. The van der Waals surface area contributed by atoms with Crippen LogP contribution in [0.2, 0.25) is 0 Å². The number of hydrogen-bond donors (Lipinski definition) is 1. The highest BCUT2D eigenvalue weighted by Crippen LogP contribution is 2.60. The monoisotopic (exact) mass is 646 g/mol. The molecule has 0 amide bonds. The van der Waals surface area contributed by atoms with E-state index in [-0.39, 0.29) is 18.3 Å². The second kappa shape index (κ2) is 8.03. The molecular formula is C19H18Br3FO7S. The molecule has 4 bridgehead atoms. The molecule has 0 saturated heterocycles. The summed E-state index contributed by atoms with van der Waals surface area (Å²) in [5.74, 6) is -1.98. The van der Waals surface area contributed by atoms with Crippen LogP contribution in [0.1, 0.15) is 48.9 Å². The SMILES string of the molecule is O=C(OC12CC3CC(C1)CC(OC(=O)C(F)S(=O)(=O)O)(C3)C2)c1c(Br)cc(Br)cc1Br. The van der Waals surface area contributed by atoms with Crippen LogP contribution in [0.25, 0.3) is 0 Å². The number of benzene rings is 1. The van der Waals surface area contributed by atoms with Crippen LogP contribution < -0.4 is 0 Å². The quantitative estimate of drug-likeness (QED) is 0.356. The number of rotatable bonds is 5.